The van der Waals surface area contributed by atoms with Crippen LogP contribution in [0.2, 0.25) is 0 Å². The number of aromatic amines is 1. The monoisotopic (exact) mass is 668 g/mol. The van der Waals surface area contributed by atoms with Crippen molar-refractivity contribution < 1.29 is 31.9 Å². The molecule has 1 aliphatic carbocycles. The van der Waals surface area contributed by atoms with Crippen molar-refractivity contribution in [3.63, 3.8) is 0 Å². The van der Waals surface area contributed by atoms with Crippen LogP contribution in [0.3, 0.4) is 0 Å². The lowest BCUT2D eigenvalue weighted by Crippen LogP contribution is -2.48. The Hall–Kier alpha value is -3.85. The molecule has 0 spiro atoms. The first-order valence-corrected chi connectivity index (χ1v) is 17.6. The molecule has 1 saturated carbocycles. The number of nitrogens with one attached hydrogen (secondary N) is 3. The third-order valence-corrected chi connectivity index (χ3v) is 11.2. The Morgan fingerprint density at radius 3 is 2.40 bits per heavy atom. The molecule has 3 heterocycles. The van der Waals surface area contributed by atoms with E-state index in [0.717, 1.165) is 9.87 Å². The molecule has 3 fully saturated rings. The molecule has 2 aliphatic heterocycles. The molecule has 3 atom stereocenters. The van der Waals surface area contributed by atoms with Crippen LogP contribution in [0.4, 0.5) is 10.1 Å². The van der Waals surface area contributed by atoms with E-state index >= 15 is 0 Å². The van der Waals surface area contributed by atoms with E-state index in [-0.39, 0.29) is 61.6 Å². The quantitative estimate of drug-likeness (QED) is 0.272. The summed E-state index contributed by atoms with van der Waals surface area (Å²) in [6.45, 7) is 0.701. The van der Waals surface area contributed by atoms with Crippen molar-refractivity contribution in [2.24, 2.45) is 17.6 Å². The standard InChI is InChI=1S/C33H41FN6O6S/c34-20-27(35)22-6-8-23(9-7-22)33(43)40-13-12-26(21-4-2-1-3-5-21)30(40)32(42)36-25-10-11-28-24(18-25)19-29(37-28)31(41)38-47(44,45)39-14-16-46-17-15-39/h1-5,10-11,18-19,22-23,26-27,30,37H,6-9,12-17,20,35H2,(H,36,42)(H,38,41)/t22?,23?,26-,27-,30+/m1/s1. The zero-order chi connectivity index (χ0) is 33.1. The number of benzene rings is 2. The number of carbonyl (C=O) groups excluding carboxylic acids is 3. The lowest BCUT2D eigenvalue weighted by Gasteiger charge is -2.35. The minimum absolute atomic E-state index is 0.0548. The maximum atomic E-state index is 14.0. The molecule has 12 nitrogen and oxygen atoms in total. The van der Waals surface area contributed by atoms with Gasteiger partial charge in [0.25, 0.3) is 5.91 Å². The van der Waals surface area contributed by atoms with Crippen molar-refractivity contribution in [2.45, 2.75) is 50.1 Å². The van der Waals surface area contributed by atoms with Crippen LogP contribution in [0, 0.1) is 11.8 Å². The summed E-state index contributed by atoms with van der Waals surface area (Å²) in [6.07, 6.45) is 3.24. The number of likely N-dealkylation sites (tertiary alicyclic amines) is 1. The number of amides is 3. The second-order valence-corrected chi connectivity index (χ2v) is 14.3. The van der Waals surface area contributed by atoms with Gasteiger partial charge in [-0.1, -0.05) is 30.3 Å². The number of morpholine rings is 1. The Kier molecular flexibility index (Phi) is 9.92. The van der Waals surface area contributed by atoms with Crippen LogP contribution in [-0.4, -0.2) is 91.9 Å². The third kappa shape index (κ3) is 7.20. The van der Waals surface area contributed by atoms with Crippen LogP contribution in [0.1, 0.15) is 54.1 Å². The van der Waals surface area contributed by atoms with Crippen LogP contribution < -0.4 is 15.8 Å². The number of rotatable bonds is 9. The van der Waals surface area contributed by atoms with Crippen molar-refractivity contribution in [3.05, 3.63) is 65.9 Å². The van der Waals surface area contributed by atoms with E-state index in [1.807, 2.05) is 30.3 Å². The molecule has 0 bridgehead atoms. The highest BCUT2D eigenvalue weighted by atomic mass is 32.2. The van der Waals surface area contributed by atoms with E-state index in [1.165, 1.54) is 6.07 Å². The van der Waals surface area contributed by atoms with Crippen LogP contribution in [0.25, 0.3) is 10.9 Å². The highest BCUT2D eigenvalue weighted by molar-refractivity contribution is 7.87. The maximum absolute atomic E-state index is 14.0. The van der Waals surface area contributed by atoms with Crippen LogP contribution in [0.5, 0.6) is 0 Å². The Morgan fingerprint density at radius 2 is 1.70 bits per heavy atom. The van der Waals surface area contributed by atoms with Gasteiger partial charge < -0.3 is 25.7 Å². The summed E-state index contributed by atoms with van der Waals surface area (Å²) >= 11 is 0. The van der Waals surface area contributed by atoms with Gasteiger partial charge in [0.1, 0.15) is 18.4 Å². The molecule has 0 radical (unpaired) electrons. The largest absolute Gasteiger partial charge is 0.379 e. The average molecular weight is 669 g/mol. The number of fused-ring (bicyclic) bond motifs is 1. The summed E-state index contributed by atoms with van der Waals surface area (Å²) in [5.74, 6) is -1.55. The summed E-state index contributed by atoms with van der Waals surface area (Å²) in [6, 6.07) is 15.1. The van der Waals surface area contributed by atoms with Crippen LogP contribution >= 0.6 is 0 Å². The molecule has 3 aliphatic rings. The minimum atomic E-state index is -4.03. The molecule has 47 heavy (non-hydrogen) atoms. The lowest BCUT2D eigenvalue weighted by molar-refractivity contribution is -0.141. The van der Waals surface area contributed by atoms with Gasteiger partial charge in [-0.05, 0) is 67.9 Å². The predicted octanol–water partition coefficient (Wildman–Crippen LogP) is 2.90. The Labute approximate surface area is 273 Å². The van der Waals surface area contributed by atoms with Gasteiger partial charge in [0, 0.05) is 54.1 Å². The number of hydrogen-bond acceptors (Lipinski definition) is 7. The summed E-state index contributed by atoms with van der Waals surface area (Å²) < 4.78 is 47.0. The van der Waals surface area contributed by atoms with Gasteiger partial charge in [-0.15, -0.1) is 0 Å². The Bertz CT molecular complexity index is 1700. The molecule has 14 heteroatoms. The highest BCUT2D eigenvalue weighted by Gasteiger charge is 2.45. The lowest BCUT2D eigenvalue weighted by atomic mass is 9.78. The second kappa shape index (κ2) is 14.1. The number of ether oxygens (including phenoxy) is 1. The van der Waals surface area contributed by atoms with Crippen LogP contribution in [0.15, 0.2) is 54.6 Å². The second-order valence-electron chi connectivity index (χ2n) is 12.6. The van der Waals surface area contributed by atoms with E-state index in [2.05, 4.69) is 15.0 Å². The summed E-state index contributed by atoms with van der Waals surface area (Å²) in [5.41, 5.74) is 8.03. The molecule has 2 aromatic carbocycles. The van der Waals surface area contributed by atoms with E-state index in [9.17, 15) is 27.2 Å². The molecule has 252 valence electrons. The summed E-state index contributed by atoms with van der Waals surface area (Å²) in [7, 11) is -4.03. The maximum Gasteiger partial charge on any atom is 0.304 e. The number of alkyl halides is 1. The number of aromatic nitrogens is 1. The van der Waals surface area contributed by atoms with Gasteiger partial charge in [0.2, 0.25) is 11.8 Å². The zero-order valence-electron chi connectivity index (χ0n) is 26.1. The first-order valence-electron chi connectivity index (χ1n) is 16.1. The van der Waals surface area contributed by atoms with Crippen molar-refractivity contribution in [1.82, 2.24) is 18.9 Å². The number of H-pyrrole nitrogens is 1. The molecule has 3 aromatic rings. The van der Waals surface area contributed by atoms with Crippen LogP contribution in [-0.2, 0) is 24.5 Å². The first kappa shape index (κ1) is 33.1. The molecule has 3 amide bonds. The van der Waals surface area contributed by atoms with E-state index in [4.69, 9.17) is 10.5 Å². The number of hydrogen-bond donors (Lipinski definition) is 4. The fourth-order valence-electron chi connectivity index (χ4n) is 7.14. The molecule has 5 N–H and O–H groups in total. The smallest absolute Gasteiger partial charge is 0.304 e. The zero-order valence-corrected chi connectivity index (χ0v) is 26.9. The molecule has 6 rings (SSSR count). The fourth-order valence-corrected chi connectivity index (χ4v) is 8.24. The summed E-state index contributed by atoms with van der Waals surface area (Å²) in [5, 5.41) is 3.59. The topological polar surface area (TPSA) is 167 Å². The first-order chi connectivity index (χ1) is 22.6. The van der Waals surface area contributed by atoms with Gasteiger partial charge in [-0.2, -0.15) is 12.7 Å². The number of halogens is 1. The summed E-state index contributed by atoms with van der Waals surface area (Å²) in [4.78, 5) is 45.4. The molecular weight excluding hydrogens is 627 g/mol. The van der Waals surface area contributed by atoms with Crippen molar-refractivity contribution in [1.29, 1.82) is 0 Å². The van der Waals surface area contributed by atoms with E-state index < -0.39 is 34.9 Å². The molecule has 2 saturated heterocycles. The van der Waals surface area contributed by atoms with Gasteiger partial charge in [-0.3, -0.25) is 14.4 Å². The van der Waals surface area contributed by atoms with Gasteiger partial charge in [0.05, 0.1) is 13.2 Å². The number of carbonyl (C=O) groups is 3. The van der Waals surface area contributed by atoms with Gasteiger partial charge in [0.15, 0.2) is 0 Å². The van der Waals surface area contributed by atoms with E-state index in [1.54, 1.807) is 23.1 Å². The van der Waals surface area contributed by atoms with Crippen molar-refractivity contribution in [3.8, 4) is 0 Å². The van der Waals surface area contributed by atoms with Gasteiger partial charge >= 0.3 is 10.2 Å². The fraction of sp³-hybridized carbons (Fsp3) is 0.485. The molecule has 1 aromatic heterocycles. The van der Waals surface area contributed by atoms with Crippen molar-refractivity contribution >= 4 is 44.5 Å². The van der Waals surface area contributed by atoms with Gasteiger partial charge in [-0.25, -0.2) is 9.11 Å². The molecule has 0 unspecified atom stereocenters. The number of nitrogens with two attached hydrogens (primary N) is 1. The normalized spacial score (nSPS) is 24.6. The van der Waals surface area contributed by atoms with Crippen molar-refractivity contribution in [2.75, 3.05) is 44.8 Å². The van der Waals surface area contributed by atoms with E-state index in [0.29, 0.717) is 55.2 Å². The Morgan fingerprint density at radius 1 is 0.979 bits per heavy atom. The molecular formula is C33H41FN6O6S. The number of anilines is 1. The predicted molar refractivity (Wildman–Crippen MR) is 174 cm³/mol. The minimum Gasteiger partial charge on any atom is -0.379 e. The average Bonchev–Trinajstić information content (AvgIpc) is 3.73. The third-order valence-electron chi connectivity index (χ3n) is 9.75. The Balaban J connectivity index is 1.18. The SMILES string of the molecule is N[C@H](CF)C1CCC(C(=O)N2CC[C@H](c3ccccc3)[C@H]2C(=O)Nc2ccc3[nH]c(C(=O)NS(=O)(=O)N4CCOCC4)cc3c2)CC1. The highest BCUT2D eigenvalue weighted by Crippen LogP contribution is 2.38. The number of nitrogens with zero attached hydrogens (tertiary/aromatic N) is 2.